The number of hydrogen-bond donors (Lipinski definition) is 2. The first kappa shape index (κ1) is 15.7. The van der Waals surface area contributed by atoms with Crippen LogP contribution in [0.25, 0.3) is 0 Å². The molecule has 0 fully saturated rings. The lowest BCUT2D eigenvalue weighted by atomic mass is 10.3. The molecule has 3 N–H and O–H groups in total. The standard InChI is InChI=1S/C12H26N4O/c1-5-10(4)15-12(13)14-9-8-11(17)16(6-2)7-3/h10H,5-9H2,1-4H3,(H3,13,14,15)/t10-/m0/s1. The molecule has 0 aliphatic rings. The molecule has 0 saturated heterocycles. The van der Waals surface area contributed by atoms with Crippen molar-refractivity contribution in [3.8, 4) is 0 Å². The number of nitrogens with two attached hydrogens (primary N) is 1. The highest BCUT2D eigenvalue weighted by Gasteiger charge is 2.08. The van der Waals surface area contributed by atoms with Crippen molar-refractivity contribution in [2.24, 2.45) is 10.7 Å². The Morgan fingerprint density at radius 3 is 2.41 bits per heavy atom. The van der Waals surface area contributed by atoms with Crippen molar-refractivity contribution in [1.29, 1.82) is 0 Å². The lowest BCUT2D eigenvalue weighted by Crippen LogP contribution is -2.38. The van der Waals surface area contributed by atoms with Gasteiger partial charge in [-0.3, -0.25) is 9.79 Å². The van der Waals surface area contributed by atoms with E-state index in [0.717, 1.165) is 19.5 Å². The van der Waals surface area contributed by atoms with E-state index in [1.165, 1.54) is 0 Å². The number of guanidine groups is 1. The number of nitrogens with zero attached hydrogens (tertiary/aromatic N) is 2. The number of carbonyl (C=O) groups is 1. The molecule has 0 unspecified atom stereocenters. The quantitative estimate of drug-likeness (QED) is 0.516. The normalized spacial score (nSPS) is 13.3. The van der Waals surface area contributed by atoms with Crippen LogP contribution in [0.1, 0.15) is 40.5 Å². The Bertz CT molecular complexity index is 249. The second-order valence-electron chi connectivity index (χ2n) is 4.04. The summed E-state index contributed by atoms with van der Waals surface area (Å²) in [6.45, 7) is 10.0. The number of hydrogen-bond acceptors (Lipinski definition) is 2. The summed E-state index contributed by atoms with van der Waals surface area (Å²) in [7, 11) is 0. The molecular formula is C12H26N4O. The topological polar surface area (TPSA) is 70.7 Å². The van der Waals surface area contributed by atoms with Gasteiger partial charge in [-0.05, 0) is 27.2 Å². The number of rotatable bonds is 7. The minimum Gasteiger partial charge on any atom is -0.370 e. The van der Waals surface area contributed by atoms with E-state index in [-0.39, 0.29) is 5.91 Å². The van der Waals surface area contributed by atoms with Crippen LogP contribution in [0.5, 0.6) is 0 Å². The van der Waals surface area contributed by atoms with Gasteiger partial charge in [-0.15, -0.1) is 0 Å². The highest BCUT2D eigenvalue weighted by Crippen LogP contribution is 1.94. The third-order valence-electron chi connectivity index (χ3n) is 2.73. The lowest BCUT2D eigenvalue weighted by molar-refractivity contribution is -0.130. The van der Waals surface area contributed by atoms with Crippen LogP contribution in [0.15, 0.2) is 4.99 Å². The zero-order valence-corrected chi connectivity index (χ0v) is 11.5. The maximum Gasteiger partial charge on any atom is 0.224 e. The molecule has 17 heavy (non-hydrogen) atoms. The van der Waals surface area contributed by atoms with Gasteiger partial charge >= 0.3 is 0 Å². The smallest absolute Gasteiger partial charge is 0.224 e. The van der Waals surface area contributed by atoms with E-state index in [9.17, 15) is 4.79 Å². The maximum atomic E-state index is 11.7. The zero-order valence-electron chi connectivity index (χ0n) is 11.5. The molecular weight excluding hydrogens is 216 g/mol. The Morgan fingerprint density at radius 1 is 1.35 bits per heavy atom. The van der Waals surface area contributed by atoms with Gasteiger partial charge in [-0.1, -0.05) is 6.92 Å². The van der Waals surface area contributed by atoms with Gasteiger partial charge in [0.1, 0.15) is 0 Å². The molecule has 0 rings (SSSR count). The molecule has 5 nitrogen and oxygen atoms in total. The van der Waals surface area contributed by atoms with Crippen molar-refractivity contribution in [3.63, 3.8) is 0 Å². The first-order chi connectivity index (χ1) is 8.04. The SMILES string of the molecule is CC[C@H](C)NC(N)=NCCC(=O)N(CC)CC. The predicted molar refractivity (Wildman–Crippen MR) is 71.9 cm³/mol. The van der Waals surface area contributed by atoms with Crippen molar-refractivity contribution in [1.82, 2.24) is 10.2 Å². The van der Waals surface area contributed by atoms with E-state index in [4.69, 9.17) is 5.73 Å². The molecule has 0 aromatic rings. The molecule has 100 valence electrons. The van der Waals surface area contributed by atoms with Crippen LogP contribution in [-0.2, 0) is 4.79 Å². The minimum atomic E-state index is 0.134. The van der Waals surface area contributed by atoms with E-state index in [2.05, 4.69) is 17.2 Å². The Hall–Kier alpha value is -1.26. The van der Waals surface area contributed by atoms with Crippen LogP contribution in [0.2, 0.25) is 0 Å². The molecule has 0 aromatic heterocycles. The van der Waals surface area contributed by atoms with Crippen LogP contribution in [0.4, 0.5) is 0 Å². The first-order valence-corrected chi connectivity index (χ1v) is 6.39. The van der Waals surface area contributed by atoms with Crippen LogP contribution >= 0.6 is 0 Å². The van der Waals surface area contributed by atoms with Gasteiger partial charge in [-0.25, -0.2) is 0 Å². The molecule has 0 heterocycles. The number of nitrogens with one attached hydrogen (secondary N) is 1. The first-order valence-electron chi connectivity index (χ1n) is 6.39. The van der Waals surface area contributed by atoms with Gasteiger partial charge in [0.05, 0.1) is 6.54 Å². The summed E-state index contributed by atoms with van der Waals surface area (Å²) >= 11 is 0. The van der Waals surface area contributed by atoms with Crippen LogP contribution in [0, 0.1) is 0 Å². The van der Waals surface area contributed by atoms with E-state index in [1.54, 1.807) is 4.90 Å². The fraction of sp³-hybridized carbons (Fsp3) is 0.833. The summed E-state index contributed by atoms with van der Waals surface area (Å²) in [6.07, 6.45) is 1.42. The van der Waals surface area contributed by atoms with E-state index < -0.39 is 0 Å². The fourth-order valence-electron chi connectivity index (χ4n) is 1.41. The summed E-state index contributed by atoms with van der Waals surface area (Å²) in [5.74, 6) is 0.557. The summed E-state index contributed by atoms with van der Waals surface area (Å²) < 4.78 is 0. The number of amides is 1. The third kappa shape index (κ3) is 6.81. The molecule has 5 heteroatoms. The van der Waals surface area contributed by atoms with E-state index >= 15 is 0 Å². The van der Waals surface area contributed by atoms with Gasteiger partial charge in [0.15, 0.2) is 5.96 Å². The third-order valence-corrected chi connectivity index (χ3v) is 2.73. The average molecular weight is 242 g/mol. The van der Waals surface area contributed by atoms with Gasteiger partial charge in [-0.2, -0.15) is 0 Å². The highest BCUT2D eigenvalue weighted by molar-refractivity contribution is 5.79. The van der Waals surface area contributed by atoms with Crippen molar-refractivity contribution < 1.29 is 4.79 Å². The van der Waals surface area contributed by atoms with E-state index in [1.807, 2.05) is 20.8 Å². The molecule has 0 bridgehead atoms. The maximum absolute atomic E-state index is 11.7. The Balaban J connectivity index is 3.96. The van der Waals surface area contributed by atoms with Gasteiger partial charge < -0.3 is 16.0 Å². The van der Waals surface area contributed by atoms with Crippen molar-refractivity contribution in [2.45, 2.75) is 46.6 Å². The predicted octanol–water partition coefficient (Wildman–Crippen LogP) is 0.948. The minimum absolute atomic E-state index is 0.134. The van der Waals surface area contributed by atoms with Crippen molar-refractivity contribution in [3.05, 3.63) is 0 Å². The summed E-state index contributed by atoms with van der Waals surface area (Å²) in [5.41, 5.74) is 5.69. The monoisotopic (exact) mass is 242 g/mol. The summed E-state index contributed by atoms with van der Waals surface area (Å²) in [4.78, 5) is 17.6. The summed E-state index contributed by atoms with van der Waals surface area (Å²) in [6, 6.07) is 0.317. The van der Waals surface area contributed by atoms with Crippen LogP contribution in [0.3, 0.4) is 0 Å². The van der Waals surface area contributed by atoms with Gasteiger partial charge in [0.2, 0.25) is 5.91 Å². The zero-order chi connectivity index (χ0) is 13.3. The molecule has 0 spiro atoms. The Labute approximate surface area is 104 Å². The lowest BCUT2D eigenvalue weighted by Gasteiger charge is -2.18. The second-order valence-corrected chi connectivity index (χ2v) is 4.04. The molecule has 1 amide bonds. The number of aliphatic imine (C=N–C) groups is 1. The molecule has 0 aliphatic heterocycles. The average Bonchev–Trinajstić information content (AvgIpc) is 2.30. The Kier molecular flexibility index (Phi) is 8.19. The molecule has 0 saturated carbocycles. The number of carbonyl (C=O) groups excluding carboxylic acids is 1. The summed E-state index contributed by atoms with van der Waals surface area (Å²) in [5, 5.41) is 3.06. The van der Waals surface area contributed by atoms with E-state index in [0.29, 0.717) is 25.0 Å². The van der Waals surface area contributed by atoms with Crippen molar-refractivity contribution >= 4 is 11.9 Å². The molecule has 0 aromatic carbocycles. The van der Waals surface area contributed by atoms with Crippen LogP contribution in [-0.4, -0.2) is 42.4 Å². The molecule has 1 atom stereocenters. The van der Waals surface area contributed by atoms with Gasteiger partial charge in [0, 0.05) is 25.6 Å². The second kappa shape index (κ2) is 8.84. The molecule has 0 aliphatic carbocycles. The Morgan fingerprint density at radius 2 is 1.94 bits per heavy atom. The van der Waals surface area contributed by atoms with Gasteiger partial charge in [0.25, 0.3) is 0 Å². The largest absolute Gasteiger partial charge is 0.370 e. The highest BCUT2D eigenvalue weighted by atomic mass is 16.2. The fourth-order valence-corrected chi connectivity index (χ4v) is 1.41. The molecule has 0 radical (unpaired) electrons. The van der Waals surface area contributed by atoms with Crippen molar-refractivity contribution in [2.75, 3.05) is 19.6 Å². The van der Waals surface area contributed by atoms with Crippen LogP contribution < -0.4 is 11.1 Å².